The molecule has 0 fully saturated rings. The molecule has 0 aliphatic carbocycles. The second kappa shape index (κ2) is 6.51. The lowest BCUT2D eigenvalue weighted by Gasteiger charge is -2.12. The van der Waals surface area contributed by atoms with Crippen molar-refractivity contribution in [3.63, 3.8) is 0 Å². The van der Waals surface area contributed by atoms with Crippen molar-refractivity contribution >= 4 is 11.3 Å². The van der Waals surface area contributed by atoms with Gasteiger partial charge in [-0.1, -0.05) is 0 Å². The molecule has 3 aromatic rings. The highest BCUT2D eigenvalue weighted by Crippen LogP contribution is 2.20. The zero-order chi connectivity index (χ0) is 14.5. The first-order valence-electron chi connectivity index (χ1n) is 6.58. The Hall–Kier alpha value is -2.19. The fourth-order valence-electron chi connectivity index (χ4n) is 1.87. The van der Waals surface area contributed by atoms with E-state index in [-0.39, 0.29) is 6.04 Å². The minimum Gasteiger partial charge on any atom is -0.307 e. The lowest BCUT2D eigenvalue weighted by molar-refractivity contribution is 0.448. The van der Waals surface area contributed by atoms with Crippen molar-refractivity contribution < 1.29 is 0 Å². The highest BCUT2D eigenvalue weighted by molar-refractivity contribution is 7.13. The molecule has 1 N–H and O–H groups in total. The van der Waals surface area contributed by atoms with Gasteiger partial charge in [-0.25, -0.2) is 9.97 Å². The first-order valence-corrected chi connectivity index (χ1v) is 7.46. The van der Waals surface area contributed by atoms with Gasteiger partial charge in [0, 0.05) is 30.4 Å². The van der Waals surface area contributed by atoms with Crippen LogP contribution >= 0.6 is 11.3 Å². The van der Waals surface area contributed by atoms with Crippen LogP contribution < -0.4 is 5.32 Å². The molecule has 0 aliphatic rings. The van der Waals surface area contributed by atoms with E-state index >= 15 is 0 Å². The van der Waals surface area contributed by atoms with Gasteiger partial charge in [-0.3, -0.25) is 14.6 Å². The summed E-state index contributed by atoms with van der Waals surface area (Å²) in [5.41, 5.74) is 1.82. The smallest absolute Gasteiger partial charge is 0.143 e. The molecule has 0 radical (unpaired) electrons. The third kappa shape index (κ3) is 3.67. The molecule has 0 bridgehead atoms. The van der Waals surface area contributed by atoms with Crippen LogP contribution in [0, 0.1) is 0 Å². The molecule has 0 saturated carbocycles. The van der Waals surface area contributed by atoms with Gasteiger partial charge in [0.05, 0.1) is 18.4 Å². The van der Waals surface area contributed by atoms with Gasteiger partial charge < -0.3 is 5.32 Å². The largest absolute Gasteiger partial charge is 0.307 e. The molecule has 0 aliphatic heterocycles. The number of thiazole rings is 1. The van der Waals surface area contributed by atoms with Crippen LogP contribution in [0.1, 0.15) is 12.6 Å². The number of nitrogens with zero attached hydrogens (tertiary/aromatic N) is 6. The summed E-state index contributed by atoms with van der Waals surface area (Å²) in [6.07, 6.45) is 8.32. The monoisotopic (exact) mass is 301 g/mol. The fourth-order valence-corrected chi connectivity index (χ4v) is 2.65. The Labute approximate surface area is 126 Å². The van der Waals surface area contributed by atoms with E-state index in [1.807, 2.05) is 10.1 Å². The molecule has 108 valence electrons. The highest BCUT2D eigenvalue weighted by Gasteiger charge is 2.08. The van der Waals surface area contributed by atoms with Crippen LogP contribution in [0.4, 0.5) is 0 Å². The van der Waals surface area contributed by atoms with Crippen molar-refractivity contribution in [3.8, 4) is 10.7 Å². The van der Waals surface area contributed by atoms with Crippen LogP contribution in [0.5, 0.6) is 0 Å². The molecule has 0 amide bonds. The summed E-state index contributed by atoms with van der Waals surface area (Å²) in [7, 11) is 0. The van der Waals surface area contributed by atoms with Crippen LogP contribution in [-0.4, -0.2) is 35.8 Å². The first kappa shape index (κ1) is 13.8. The molecule has 3 heterocycles. The Kier molecular flexibility index (Phi) is 4.27. The average Bonchev–Trinajstić information content (AvgIpc) is 3.17. The molecule has 7 nitrogen and oxygen atoms in total. The molecule has 0 aromatic carbocycles. The Morgan fingerprint density at radius 1 is 1.33 bits per heavy atom. The number of rotatable bonds is 6. The Morgan fingerprint density at radius 3 is 3.05 bits per heavy atom. The maximum absolute atomic E-state index is 4.57. The predicted molar refractivity (Wildman–Crippen MR) is 79.5 cm³/mol. The van der Waals surface area contributed by atoms with Crippen molar-refractivity contribution in [2.45, 2.75) is 26.1 Å². The second-order valence-electron chi connectivity index (χ2n) is 4.63. The summed E-state index contributed by atoms with van der Waals surface area (Å²) in [5, 5.41) is 10.4. The van der Waals surface area contributed by atoms with E-state index in [1.165, 1.54) is 0 Å². The summed E-state index contributed by atoms with van der Waals surface area (Å²) in [5.74, 6) is 0. The summed E-state index contributed by atoms with van der Waals surface area (Å²) in [6, 6.07) is 0.286. The molecular weight excluding hydrogens is 286 g/mol. The van der Waals surface area contributed by atoms with E-state index in [0.717, 1.165) is 22.9 Å². The number of hydrogen-bond acceptors (Lipinski definition) is 7. The molecule has 8 heteroatoms. The second-order valence-corrected chi connectivity index (χ2v) is 5.49. The molecular formula is C13H15N7S. The highest BCUT2D eigenvalue weighted by atomic mass is 32.1. The van der Waals surface area contributed by atoms with Crippen LogP contribution in [0.2, 0.25) is 0 Å². The number of hydrogen-bond donors (Lipinski definition) is 1. The fraction of sp³-hybridized carbons (Fsp3) is 0.308. The van der Waals surface area contributed by atoms with Crippen molar-refractivity contribution in [2.24, 2.45) is 0 Å². The van der Waals surface area contributed by atoms with E-state index in [1.54, 1.807) is 42.6 Å². The SMILES string of the molecule is C[C@H](Cn1cncn1)NCc1csc(-c2cnccn2)n1. The van der Waals surface area contributed by atoms with Crippen LogP contribution in [0.15, 0.2) is 36.6 Å². The van der Waals surface area contributed by atoms with Gasteiger partial charge in [0.2, 0.25) is 0 Å². The lowest BCUT2D eigenvalue weighted by Crippen LogP contribution is -2.30. The number of nitrogens with one attached hydrogen (secondary N) is 1. The minimum absolute atomic E-state index is 0.286. The summed E-state index contributed by atoms with van der Waals surface area (Å²) < 4.78 is 1.81. The molecule has 21 heavy (non-hydrogen) atoms. The first-order chi connectivity index (χ1) is 10.3. The Balaban J connectivity index is 1.55. The quantitative estimate of drug-likeness (QED) is 0.740. The zero-order valence-electron chi connectivity index (χ0n) is 11.5. The van der Waals surface area contributed by atoms with E-state index in [4.69, 9.17) is 0 Å². The van der Waals surface area contributed by atoms with Gasteiger partial charge in [-0.2, -0.15) is 5.10 Å². The molecule has 0 spiro atoms. The summed E-state index contributed by atoms with van der Waals surface area (Å²) in [4.78, 5) is 16.8. The lowest BCUT2D eigenvalue weighted by atomic mass is 10.3. The van der Waals surface area contributed by atoms with Crippen molar-refractivity contribution in [1.82, 2.24) is 35.0 Å². The van der Waals surface area contributed by atoms with Crippen molar-refractivity contribution in [2.75, 3.05) is 0 Å². The maximum Gasteiger partial charge on any atom is 0.143 e. The standard InChI is InChI=1S/C13H15N7S/c1-10(6-20-9-15-8-18-20)17-4-11-7-21-13(19-11)12-5-14-2-3-16-12/h2-3,5,7-10,17H,4,6H2,1H3/t10-/m1/s1. The predicted octanol–water partition coefficient (Wildman–Crippen LogP) is 1.37. The van der Waals surface area contributed by atoms with Crippen LogP contribution in [0.3, 0.4) is 0 Å². The van der Waals surface area contributed by atoms with Gasteiger partial charge in [0.15, 0.2) is 0 Å². The van der Waals surface area contributed by atoms with Gasteiger partial charge in [-0.05, 0) is 6.92 Å². The summed E-state index contributed by atoms with van der Waals surface area (Å²) >= 11 is 1.58. The van der Waals surface area contributed by atoms with Gasteiger partial charge in [0.25, 0.3) is 0 Å². The third-order valence-electron chi connectivity index (χ3n) is 2.89. The van der Waals surface area contributed by atoms with E-state index in [2.05, 4.69) is 37.3 Å². The number of aromatic nitrogens is 6. The molecule has 3 aromatic heterocycles. The van der Waals surface area contributed by atoms with Crippen molar-refractivity contribution in [3.05, 3.63) is 42.3 Å². The molecule has 3 rings (SSSR count). The van der Waals surface area contributed by atoms with E-state index in [0.29, 0.717) is 6.54 Å². The Morgan fingerprint density at radius 2 is 2.29 bits per heavy atom. The van der Waals surface area contributed by atoms with Crippen molar-refractivity contribution in [1.29, 1.82) is 0 Å². The minimum atomic E-state index is 0.286. The summed E-state index contributed by atoms with van der Waals surface area (Å²) in [6.45, 7) is 3.60. The van der Waals surface area contributed by atoms with Gasteiger partial charge in [0.1, 0.15) is 23.4 Å². The van der Waals surface area contributed by atoms with E-state index < -0.39 is 0 Å². The average molecular weight is 301 g/mol. The van der Waals surface area contributed by atoms with Crippen LogP contribution in [-0.2, 0) is 13.1 Å². The van der Waals surface area contributed by atoms with Crippen LogP contribution in [0.25, 0.3) is 10.7 Å². The molecule has 0 unspecified atom stereocenters. The maximum atomic E-state index is 4.57. The topological polar surface area (TPSA) is 81.4 Å². The normalized spacial score (nSPS) is 12.4. The molecule has 0 saturated heterocycles. The van der Waals surface area contributed by atoms with Gasteiger partial charge in [-0.15, -0.1) is 11.3 Å². The zero-order valence-corrected chi connectivity index (χ0v) is 12.4. The molecule has 1 atom stereocenters. The van der Waals surface area contributed by atoms with E-state index in [9.17, 15) is 0 Å². The third-order valence-corrected chi connectivity index (χ3v) is 3.81. The Bertz CT molecular complexity index is 665. The van der Waals surface area contributed by atoms with Gasteiger partial charge >= 0.3 is 0 Å².